The van der Waals surface area contributed by atoms with E-state index in [4.69, 9.17) is 0 Å². The van der Waals surface area contributed by atoms with E-state index in [2.05, 4.69) is 23.8 Å². The van der Waals surface area contributed by atoms with Crippen molar-refractivity contribution in [3.8, 4) is 0 Å². The molecule has 1 aliphatic carbocycles. The highest BCUT2D eigenvalue weighted by Gasteiger charge is 2.43. The van der Waals surface area contributed by atoms with Crippen molar-refractivity contribution in [2.24, 2.45) is 17.3 Å². The molecule has 2 aliphatic heterocycles. The molecule has 3 fully saturated rings. The van der Waals surface area contributed by atoms with Gasteiger partial charge in [-0.2, -0.15) is 0 Å². The Morgan fingerprint density at radius 2 is 1.61 bits per heavy atom. The third-order valence-electron chi connectivity index (χ3n) is 5.83. The third-order valence-corrected chi connectivity index (χ3v) is 5.83. The Morgan fingerprint density at radius 1 is 1.00 bits per heavy atom. The van der Waals surface area contributed by atoms with E-state index in [0.29, 0.717) is 0 Å². The Morgan fingerprint density at radius 3 is 2.17 bits per heavy atom. The highest BCUT2D eigenvalue weighted by molar-refractivity contribution is 4.95. The Balaban J connectivity index is 1.40. The summed E-state index contributed by atoms with van der Waals surface area (Å²) >= 11 is 0. The molecular weight excluding hydrogens is 220 g/mol. The molecule has 0 unspecified atom stereocenters. The van der Waals surface area contributed by atoms with Crippen molar-refractivity contribution in [3.05, 3.63) is 0 Å². The van der Waals surface area contributed by atoms with Crippen molar-refractivity contribution in [3.63, 3.8) is 0 Å². The van der Waals surface area contributed by atoms with Crippen molar-refractivity contribution in [2.45, 2.75) is 45.4 Å². The molecule has 3 rings (SSSR count). The topological polar surface area (TPSA) is 6.48 Å². The van der Waals surface area contributed by atoms with Gasteiger partial charge in [0, 0.05) is 6.54 Å². The third kappa shape index (κ3) is 2.75. The maximum atomic E-state index is 2.77. The van der Waals surface area contributed by atoms with Crippen molar-refractivity contribution in [2.75, 3.05) is 39.8 Å². The summed E-state index contributed by atoms with van der Waals surface area (Å²) in [5, 5.41) is 0. The van der Waals surface area contributed by atoms with Crippen molar-refractivity contribution < 1.29 is 0 Å². The van der Waals surface area contributed by atoms with Crippen molar-refractivity contribution in [1.29, 1.82) is 0 Å². The number of likely N-dealkylation sites (tertiary alicyclic amines) is 2. The summed E-state index contributed by atoms with van der Waals surface area (Å²) in [5.74, 6) is 2.00. The predicted octanol–water partition coefficient (Wildman–Crippen LogP) is 2.84. The van der Waals surface area contributed by atoms with Crippen LogP contribution in [0.2, 0.25) is 0 Å². The molecule has 0 aromatic rings. The van der Waals surface area contributed by atoms with Gasteiger partial charge in [-0.1, -0.05) is 6.92 Å². The maximum absolute atomic E-state index is 2.77. The first-order valence-corrected chi connectivity index (χ1v) is 8.06. The van der Waals surface area contributed by atoms with Gasteiger partial charge < -0.3 is 9.80 Å². The molecule has 2 nitrogen and oxygen atoms in total. The summed E-state index contributed by atoms with van der Waals surface area (Å²) in [7, 11) is 2.26. The molecule has 0 bridgehead atoms. The second-order valence-corrected chi connectivity index (χ2v) is 7.56. The van der Waals surface area contributed by atoms with Gasteiger partial charge in [-0.05, 0) is 89.0 Å². The summed E-state index contributed by atoms with van der Waals surface area (Å²) in [4.78, 5) is 5.25. The van der Waals surface area contributed by atoms with Crippen LogP contribution in [0.5, 0.6) is 0 Å². The minimum Gasteiger partial charge on any atom is -0.306 e. The van der Waals surface area contributed by atoms with Gasteiger partial charge in [0.2, 0.25) is 0 Å². The lowest BCUT2D eigenvalue weighted by atomic mass is 9.58. The van der Waals surface area contributed by atoms with Crippen LogP contribution in [0.3, 0.4) is 0 Å². The quantitative estimate of drug-likeness (QED) is 0.743. The maximum Gasteiger partial charge on any atom is 0.00106 e. The Bertz CT molecular complexity index is 265. The molecule has 0 radical (unpaired) electrons. The average Bonchev–Trinajstić information content (AvgIpc) is 2.33. The zero-order valence-electron chi connectivity index (χ0n) is 12.3. The summed E-state index contributed by atoms with van der Waals surface area (Å²) in [6, 6.07) is 0. The van der Waals surface area contributed by atoms with Crippen LogP contribution in [-0.2, 0) is 0 Å². The smallest absolute Gasteiger partial charge is 0.00106 e. The van der Waals surface area contributed by atoms with E-state index >= 15 is 0 Å². The minimum atomic E-state index is 0.794. The van der Waals surface area contributed by atoms with E-state index in [-0.39, 0.29) is 0 Å². The Hall–Kier alpha value is -0.0800. The number of hydrogen-bond donors (Lipinski definition) is 0. The first-order chi connectivity index (χ1) is 8.65. The van der Waals surface area contributed by atoms with Crippen molar-refractivity contribution >= 4 is 0 Å². The lowest BCUT2D eigenvalue weighted by Gasteiger charge is -2.52. The van der Waals surface area contributed by atoms with Gasteiger partial charge >= 0.3 is 0 Å². The van der Waals surface area contributed by atoms with Gasteiger partial charge in [0.25, 0.3) is 0 Å². The molecule has 2 heteroatoms. The first-order valence-electron chi connectivity index (χ1n) is 8.06. The highest BCUT2D eigenvalue weighted by atomic mass is 15.1. The van der Waals surface area contributed by atoms with Gasteiger partial charge in [0.05, 0.1) is 0 Å². The van der Waals surface area contributed by atoms with E-state index in [1.807, 2.05) is 0 Å². The SMILES string of the molecule is CC1CC2(CCN(CC3CCN(C)CC3)CC2)C1. The molecule has 2 saturated heterocycles. The molecule has 104 valence electrons. The zero-order chi connectivity index (χ0) is 12.6. The van der Waals surface area contributed by atoms with Gasteiger partial charge in [0.15, 0.2) is 0 Å². The largest absolute Gasteiger partial charge is 0.306 e. The van der Waals surface area contributed by atoms with Crippen LogP contribution in [0.4, 0.5) is 0 Å². The van der Waals surface area contributed by atoms with Gasteiger partial charge in [-0.3, -0.25) is 0 Å². The van der Waals surface area contributed by atoms with Crippen LogP contribution in [0.15, 0.2) is 0 Å². The predicted molar refractivity (Wildman–Crippen MR) is 76.7 cm³/mol. The number of hydrogen-bond acceptors (Lipinski definition) is 2. The molecule has 3 aliphatic rings. The van der Waals surface area contributed by atoms with E-state index in [0.717, 1.165) is 17.3 Å². The number of nitrogens with zero attached hydrogens (tertiary/aromatic N) is 2. The van der Waals surface area contributed by atoms with Crippen molar-refractivity contribution in [1.82, 2.24) is 9.80 Å². The molecule has 1 spiro atoms. The van der Waals surface area contributed by atoms with Crippen LogP contribution in [0.1, 0.15) is 45.4 Å². The molecule has 0 N–H and O–H groups in total. The first kappa shape index (κ1) is 12.9. The lowest BCUT2D eigenvalue weighted by Crippen LogP contribution is -2.48. The van der Waals surface area contributed by atoms with E-state index in [9.17, 15) is 0 Å². The molecule has 0 amide bonds. The van der Waals surface area contributed by atoms with Crippen LogP contribution >= 0.6 is 0 Å². The summed E-state index contributed by atoms with van der Waals surface area (Å²) < 4.78 is 0. The minimum absolute atomic E-state index is 0.794. The van der Waals surface area contributed by atoms with E-state index in [1.165, 1.54) is 71.2 Å². The monoisotopic (exact) mass is 250 g/mol. The summed E-state index contributed by atoms with van der Waals surface area (Å²) in [5.41, 5.74) is 0.794. The normalized spacial score (nSPS) is 31.7. The van der Waals surface area contributed by atoms with E-state index < -0.39 is 0 Å². The molecule has 18 heavy (non-hydrogen) atoms. The number of rotatable bonds is 2. The van der Waals surface area contributed by atoms with Gasteiger partial charge in [-0.15, -0.1) is 0 Å². The fraction of sp³-hybridized carbons (Fsp3) is 1.00. The Kier molecular flexibility index (Phi) is 3.68. The molecule has 0 atom stereocenters. The summed E-state index contributed by atoms with van der Waals surface area (Å²) in [6.45, 7) is 9.23. The second kappa shape index (κ2) is 5.13. The zero-order valence-corrected chi connectivity index (χ0v) is 12.3. The molecular formula is C16H30N2. The van der Waals surface area contributed by atoms with Gasteiger partial charge in [0.1, 0.15) is 0 Å². The highest BCUT2D eigenvalue weighted by Crippen LogP contribution is 2.52. The van der Waals surface area contributed by atoms with E-state index in [1.54, 1.807) is 0 Å². The molecule has 0 aromatic carbocycles. The Labute approximate surface area is 113 Å². The van der Waals surface area contributed by atoms with Gasteiger partial charge in [-0.25, -0.2) is 0 Å². The fourth-order valence-electron chi connectivity index (χ4n) is 4.65. The van der Waals surface area contributed by atoms with Crippen LogP contribution < -0.4 is 0 Å². The average molecular weight is 250 g/mol. The standard InChI is InChI=1S/C16H30N2/c1-14-11-16(12-14)5-9-18(10-6-16)13-15-3-7-17(2)8-4-15/h14-15H,3-13H2,1-2H3. The fourth-order valence-corrected chi connectivity index (χ4v) is 4.65. The molecule has 0 aromatic heterocycles. The number of piperidine rings is 2. The molecule has 2 heterocycles. The lowest BCUT2D eigenvalue weighted by molar-refractivity contribution is -0.0117. The van der Waals surface area contributed by atoms with Crippen LogP contribution in [0.25, 0.3) is 0 Å². The van der Waals surface area contributed by atoms with Crippen LogP contribution in [0, 0.1) is 17.3 Å². The second-order valence-electron chi connectivity index (χ2n) is 7.56. The molecule has 1 saturated carbocycles. The summed E-state index contributed by atoms with van der Waals surface area (Å²) in [6.07, 6.45) is 8.88. The van der Waals surface area contributed by atoms with Crippen LogP contribution in [-0.4, -0.2) is 49.6 Å².